The Morgan fingerprint density at radius 3 is 2.62 bits per heavy atom. The number of benzene rings is 1. The molecular formula is C12H17NO3. The zero-order valence-corrected chi connectivity index (χ0v) is 9.60. The van der Waals surface area contributed by atoms with Crippen LogP contribution in [0.25, 0.3) is 0 Å². The van der Waals surface area contributed by atoms with E-state index in [2.05, 4.69) is 6.92 Å². The third-order valence-corrected chi connectivity index (χ3v) is 2.41. The Morgan fingerprint density at radius 2 is 2.06 bits per heavy atom. The summed E-state index contributed by atoms with van der Waals surface area (Å²) >= 11 is 0. The Hall–Kier alpha value is -1.71. The summed E-state index contributed by atoms with van der Waals surface area (Å²) in [4.78, 5) is 13.4. The molecule has 0 unspecified atom stereocenters. The van der Waals surface area contributed by atoms with Gasteiger partial charge in [-0.05, 0) is 18.6 Å². The molecule has 1 amide bonds. The Balaban J connectivity index is 2.79. The SMILES string of the molecule is CCCCN(C)C(=O)c1ccc(O)cc1O. The number of hydrogen-bond acceptors (Lipinski definition) is 3. The van der Waals surface area contributed by atoms with Crippen LogP contribution in [0.15, 0.2) is 18.2 Å². The quantitative estimate of drug-likeness (QED) is 0.820. The van der Waals surface area contributed by atoms with Crippen molar-refractivity contribution in [2.75, 3.05) is 13.6 Å². The fourth-order valence-electron chi connectivity index (χ4n) is 1.40. The topological polar surface area (TPSA) is 60.8 Å². The maximum atomic E-state index is 11.9. The third kappa shape index (κ3) is 2.89. The van der Waals surface area contributed by atoms with E-state index in [4.69, 9.17) is 5.11 Å². The molecule has 0 bridgehead atoms. The molecule has 4 heteroatoms. The highest BCUT2D eigenvalue weighted by atomic mass is 16.3. The largest absolute Gasteiger partial charge is 0.508 e. The van der Waals surface area contributed by atoms with Gasteiger partial charge in [-0.15, -0.1) is 0 Å². The molecule has 0 heterocycles. The molecule has 0 aliphatic rings. The molecule has 2 N–H and O–H groups in total. The normalized spacial score (nSPS) is 10.1. The maximum Gasteiger partial charge on any atom is 0.257 e. The van der Waals surface area contributed by atoms with E-state index in [0.717, 1.165) is 12.8 Å². The lowest BCUT2D eigenvalue weighted by Crippen LogP contribution is -2.27. The molecule has 0 fully saturated rings. The van der Waals surface area contributed by atoms with Gasteiger partial charge in [0.2, 0.25) is 0 Å². The van der Waals surface area contributed by atoms with Crippen molar-refractivity contribution in [1.29, 1.82) is 0 Å². The lowest BCUT2D eigenvalue weighted by molar-refractivity contribution is 0.0790. The zero-order valence-electron chi connectivity index (χ0n) is 9.60. The van der Waals surface area contributed by atoms with Gasteiger partial charge in [0, 0.05) is 19.7 Å². The van der Waals surface area contributed by atoms with Gasteiger partial charge in [0.1, 0.15) is 11.5 Å². The Bertz CT molecular complexity index is 377. The van der Waals surface area contributed by atoms with Crippen LogP contribution in [0.3, 0.4) is 0 Å². The summed E-state index contributed by atoms with van der Waals surface area (Å²) < 4.78 is 0. The molecule has 1 rings (SSSR count). The summed E-state index contributed by atoms with van der Waals surface area (Å²) in [6, 6.07) is 3.98. The maximum absolute atomic E-state index is 11.9. The molecule has 0 atom stereocenters. The van der Waals surface area contributed by atoms with Gasteiger partial charge < -0.3 is 15.1 Å². The molecule has 1 aromatic carbocycles. The van der Waals surface area contributed by atoms with Crippen LogP contribution < -0.4 is 0 Å². The molecule has 0 aromatic heterocycles. The number of carbonyl (C=O) groups is 1. The standard InChI is InChI=1S/C12H17NO3/c1-3-4-7-13(2)12(16)10-6-5-9(14)8-11(10)15/h5-6,8,14-15H,3-4,7H2,1-2H3. The van der Waals surface area contributed by atoms with Crippen molar-refractivity contribution in [2.24, 2.45) is 0 Å². The first-order valence-corrected chi connectivity index (χ1v) is 5.33. The van der Waals surface area contributed by atoms with E-state index in [1.807, 2.05) is 0 Å². The van der Waals surface area contributed by atoms with Gasteiger partial charge in [-0.1, -0.05) is 13.3 Å². The van der Waals surface area contributed by atoms with E-state index in [0.29, 0.717) is 6.54 Å². The second-order valence-corrected chi connectivity index (χ2v) is 3.78. The van der Waals surface area contributed by atoms with Gasteiger partial charge in [0.05, 0.1) is 5.56 Å². The summed E-state index contributed by atoms with van der Waals surface area (Å²) in [5, 5.41) is 18.6. The van der Waals surface area contributed by atoms with Crippen molar-refractivity contribution < 1.29 is 15.0 Å². The average Bonchev–Trinajstić information content (AvgIpc) is 2.25. The molecule has 0 aliphatic carbocycles. The van der Waals surface area contributed by atoms with Crippen LogP contribution in [0.4, 0.5) is 0 Å². The van der Waals surface area contributed by atoms with Crippen molar-refractivity contribution in [1.82, 2.24) is 4.90 Å². The number of aromatic hydroxyl groups is 2. The van der Waals surface area contributed by atoms with Crippen LogP contribution in [-0.4, -0.2) is 34.6 Å². The molecule has 4 nitrogen and oxygen atoms in total. The van der Waals surface area contributed by atoms with Crippen LogP contribution in [0.1, 0.15) is 30.1 Å². The number of amides is 1. The summed E-state index contributed by atoms with van der Waals surface area (Å²) in [6.07, 6.45) is 1.94. The number of hydrogen-bond donors (Lipinski definition) is 2. The smallest absolute Gasteiger partial charge is 0.257 e. The van der Waals surface area contributed by atoms with Crippen LogP contribution in [0.2, 0.25) is 0 Å². The van der Waals surface area contributed by atoms with Gasteiger partial charge >= 0.3 is 0 Å². The third-order valence-electron chi connectivity index (χ3n) is 2.41. The summed E-state index contributed by atoms with van der Waals surface area (Å²) in [5.41, 5.74) is 0.219. The molecule has 16 heavy (non-hydrogen) atoms. The second kappa shape index (κ2) is 5.39. The van der Waals surface area contributed by atoms with Gasteiger partial charge in [0.25, 0.3) is 5.91 Å². The molecule has 0 saturated carbocycles. The van der Waals surface area contributed by atoms with Gasteiger partial charge in [-0.2, -0.15) is 0 Å². The van der Waals surface area contributed by atoms with Gasteiger partial charge in [-0.25, -0.2) is 0 Å². The van der Waals surface area contributed by atoms with E-state index in [1.54, 1.807) is 11.9 Å². The second-order valence-electron chi connectivity index (χ2n) is 3.78. The van der Waals surface area contributed by atoms with E-state index in [1.165, 1.54) is 18.2 Å². The van der Waals surface area contributed by atoms with Crippen LogP contribution in [-0.2, 0) is 0 Å². The molecule has 88 valence electrons. The Labute approximate surface area is 95.1 Å². The fourth-order valence-corrected chi connectivity index (χ4v) is 1.40. The number of phenols is 2. The minimum Gasteiger partial charge on any atom is -0.508 e. The van der Waals surface area contributed by atoms with Gasteiger partial charge in [-0.3, -0.25) is 4.79 Å². The minimum atomic E-state index is -0.231. The van der Waals surface area contributed by atoms with E-state index in [9.17, 15) is 9.90 Å². The number of unbranched alkanes of at least 4 members (excludes halogenated alkanes) is 1. The van der Waals surface area contributed by atoms with E-state index >= 15 is 0 Å². The van der Waals surface area contributed by atoms with Crippen molar-refractivity contribution in [2.45, 2.75) is 19.8 Å². The van der Waals surface area contributed by atoms with Crippen LogP contribution in [0, 0.1) is 0 Å². The van der Waals surface area contributed by atoms with Crippen molar-refractivity contribution >= 4 is 5.91 Å². The minimum absolute atomic E-state index is 0.0507. The predicted octanol–water partition coefficient (Wildman–Crippen LogP) is 1.97. The number of carbonyl (C=O) groups excluding carboxylic acids is 1. The monoisotopic (exact) mass is 223 g/mol. The highest BCUT2D eigenvalue weighted by Gasteiger charge is 2.15. The van der Waals surface area contributed by atoms with Gasteiger partial charge in [0.15, 0.2) is 0 Å². The Morgan fingerprint density at radius 1 is 1.38 bits per heavy atom. The molecular weight excluding hydrogens is 206 g/mol. The first kappa shape index (κ1) is 12.4. The summed E-state index contributed by atoms with van der Waals surface area (Å²) in [5.74, 6) is -0.468. The molecule has 1 aromatic rings. The number of phenolic OH excluding ortho intramolecular Hbond substituents is 2. The lowest BCUT2D eigenvalue weighted by atomic mass is 10.1. The highest BCUT2D eigenvalue weighted by Crippen LogP contribution is 2.23. The number of rotatable bonds is 4. The summed E-state index contributed by atoms with van der Waals surface area (Å²) in [7, 11) is 1.70. The van der Waals surface area contributed by atoms with Crippen LogP contribution >= 0.6 is 0 Å². The summed E-state index contributed by atoms with van der Waals surface area (Å²) in [6.45, 7) is 2.71. The average molecular weight is 223 g/mol. The van der Waals surface area contributed by atoms with Crippen molar-refractivity contribution in [3.63, 3.8) is 0 Å². The van der Waals surface area contributed by atoms with E-state index < -0.39 is 0 Å². The first-order valence-electron chi connectivity index (χ1n) is 5.33. The molecule has 0 radical (unpaired) electrons. The predicted molar refractivity (Wildman–Crippen MR) is 61.6 cm³/mol. The van der Waals surface area contributed by atoms with Crippen LogP contribution in [0.5, 0.6) is 11.5 Å². The van der Waals surface area contributed by atoms with Crippen molar-refractivity contribution in [3.05, 3.63) is 23.8 Å². The lowest BCUT2D eigenvalue weighted by Gasteiger charge is -2.17. The number of nitrogens with zero attached hydrogens (tertiary/aromatic N) is 1. The highest BCUT2D eigenvalue weighted by molar-refractivity contribution is 5.96. The zero-order chi connectivity index (χ0) is 12.1. The molecule has 0 aliphatic heterocycles. The first-order chi connectivity index (χ1) is 7.56. The fraction of sp³-hybridized carbons (Fsp3) is 0.417. The Kier molecular flexibility index (Phi) is 4.17. The van der Waals surface area contributed by atoms with Crippen molar-refractivity contribution in [3.8, 4) is 11.5 Å². The molecule has 0 saturated heterocycles. The van der Waals surface area contributed by atoms with E-state index in [-0.39, 0.29) is 23.0 Å². The molecule has 0 spiro atoms.